The maximum atomic E-state index is 12.6. The number of rotatable bonds is 5. The van der Waals surface area contributed by atoms with Gasteiger partial charge in [0.05, 0.1) is 11.7 Å². The van der Waals surface area contributed by atoms with Gasteiger partial charge in [0.2, 0.25) is 5.56 Å². The first-order valence-corrected chi connectivity index (χ1v) is 8.45. The number of aromatic amines is 1. The summed E-state index contributed by atoms with van der Waals surface area (Å²) in [5.41, 5.74) is -1.05. The first kappa shape index (κ1) is 17.0. The maximum Gasteiger partial charge on any atom is 0.378 e. The van der Waals surface area contributed by atoms with Gasteiger partial charge in [-0.3, -0.25) is 4.79 Å². The largest absolute Gasteiger partial charge is 0.477 e. The van der Waals surface area contributed by atoms with Crippen molar-refractivity contribution in [2.75, 3.05) is 7.11 Å². The normalized spacial score (nSPS) is 15.0. The molecule has 0 bridgehead atoms. The van der Waals surface area contributed by atoms with Crippen LogP contribution in [0.15, 0.2) is 15.5 Å². The Morgan fingerprint density at radius 1 is 1.58 bits per heavy atom. The van der Waals surface area contributed by atoms with E-state index in [-0.39, 0.29) is 24.0 Å². The Balaban J connectivity index is 2.20. The van der Waals surface area contributed by atoms with E-state index >= 15 is 0 Å². The molecule has 0 atom stereocenters. The van der Waals surface area contributed by atoms with E-state index in [2.05, 4.69) is 26.3 Å². The highest BCUT2D eigenvalue weighted by Gasteiger charge is 2.35. The number of H-pyrrole nitrogens is 1. The molecule has 2 aromatic rings. The van der Waals surface area contributed by atoms with Crippen LogP contribution in [-0.4, -0.2) is 39.4 Å². The van der Waals surface area contributed by atoms with Gasteiger partial charge in [-0.2, -0.15) is 4.57 Å². The number of hydrogen-bond donors (Lipinski definition) is 3. The number of aromatic nitrogens is 3. The van der Waals surface area contributed by atoms with Gasteiger partial charge in [0.1, 0.15) is 11.1 Å². The molecular weight excluding hydrogens is 380 g/mol. The van der Waals surface area contributed by atoms with E-state index in [1.165, 1.54) is 9.08 Å². The number of aromatic hydroxyl groups is 1. The van der Waals surface area contributed by atoms with Gasteiger partial charge in [0.25, 0.3) is 5.91 Å². The number of carbonyl (C=O) groups excluding carboxylic acids is 1. The monoisotopic (exact) mass is 399 g/mol. The van der Waals surface area contributed by atoms with Crippen LogP contribution >= 0.6 is 15.9 Å². The van der Waals surface area contributed by atoms with Crippen LogP contribution in [0.3, 0.4) is 0 Å². The van der Waals surface area contributed by atoms with Crippen molar-refractivity contribution >= 4 is 27.5 Å². The topological polar surface area (TPSA) is 99.7 Å². The Morgan fingerprint density at radius 2 is 2.25 bits per heavy atom. The van der Waals surface area contributed by atoms with Crippen molar-refractivity contribution in [3.8, 4) is 5.88 Å². The summed E-state index contributed by atoms with van der Waals surface area (Å²) in [5, 5.41) is 16.2. The van der Waals surface area contributed by atoms with Gasteiger partial charge >= 0.3 is 17.1 Å². The molecule has 3 N–H and O–H groups in total. The van der Waals surface area contributed by atoms with Crippen molar-refractivity contribution in [1.29, 1.82) is 0 Å². The number of carbonyl (C=O) groups is 1. The first-order valence-electron chi connectivity index (χ1n) is 7.65. The number of halogens is 1. The summed E-state index contributed by atoms with van der Waals surface area (Å²) in [6, 6.07) is 1.74. The van der Waals surface area contributed by atoms with Gasteiger partial charge in [0.15, 0.2) is 0 Å². The second-order valence-corrected chi connectivity index (χ2v) is 7.45. The number of amides is 1. The van der Waals surface area contributed by atoms with Crippen LogP contribution in [0.2, 0.25) is 0 Å². The minimum absolute atomic E-state index is 0.0799. The summed E-state index contributed by atoms with van der Waals surface area (Å²) in [5.74, 6) is -0.932. The predicted octanol–water partition coefficient (Wildman–Crippen LogP) is 0.700. The zero-order chi connectivity index (χ0) is 17.6. The number of nitrogens with zero attached hydrogens (tertiary/aromatic N) is 2. The van der Waals surface area contributed by atoms with Crippen molar-refractivity contribution in [2.45, 2.75) is 44.9 Å². The lowest BCUT2D eigenvalue weighted by atomic mass is 10.1. The zero-order valence-corrected chi connectivity index (χ0v) is 15.3. The molecule has 3 rings (SSSR count). The molecule has 1 aliphatic rings. The summed E-state index contributed by atoms with van der Waals surface area (Å²) in [4.78, 5) is 25.1. The summed E-state index contributed by atoms with van der Waals surface area (Å²) in [7, 11) is 1.57. The van der Waals surface area contributed by atoms with Crippen LogP contribution in [0.4, 0.5) is 0 Å². The molecule has 2 aromatic heterocycles. The van der Waals surface area contributed by atoms with Crippen LogP contribution in [0.1, 0.15) is 37.0 Å². The molecular formula is C15H20BrN4O4+. The van der Waals surface area contributed by atoms with Gasteiger partial charge in [-0.25, -0.2) is 9.89 Å². The van der Waals surface area contributed by atoms with E-state index in [1.54, 1.807) is 13.2 Å². The molecule has 1 saturated carbocycles. The second-order valence-electron chi connectivity index (χ2n) is 6.60. The highest BCUT2D eigenvalue weighted by Crippen LogP contribution is 2.21. The van der Waals surface area contributed by atoms with E-state index in [4.69, 9.17) is 4.74 Å². The van der Waals surface area contributed by atoms with E-state index < -0.39 is 17.1 Å². The highest BCUT2D eigenvalue weighted by molar-refractivity contribution is 9.10. The predicted molar refractivity (Wildman–Crippen MR) is 89.2 cm³/mol. The van der Waals surface area contributed by atoms with Crippen LogP contribution < -0.4 is 15.4 Å². The number of nitrogens with one attached hydrogen (secondary N) is 2. The summed E-state index contributed by atoms with van der Waals surface area (Å²) >= 11 is 3.28. The van der Waals surface area contributed by atoms with Crippen molar-refractivity contribution in [3.05, 3.63) is 26.6 Å². The lowest BCUT2D eigenvalue weighted by Gasteiger charge is -2.21. The van der Waals surface area contributed by atoms with Crippen molar-refractivity contribution in [1.82, 2.24) is 14.9 Å². The molecule has 0 aliphatic heterocycles. The van der Waals surface area contributed by atoms with Crippen molar-refractivity contribution < 1.29 is 19.2 Å². The number of methoxy groups -OCH3 is 1. The average Bonchev–Trinajstić information content (AvgIpc) is 3.22. The molecule has 9 heteroatoms. The molecule has 2 heterocycles. The quantitative estimate of drug-likeness (QED) is 0.644. The Hall–Kier alpha value is -1.87. The fourth-order valence-electron chi connectivity index (χ4n) is 2.46. The summed E-state index contributed by atoms with van der Waals surface area (Å²) in [6.07, 6.45) is 1.78. The third kappa shape index (κ3) is 3.05. The molecule has 24 heavy (non-hydrogen) atoms. The standard InChI is InChI=1S/C15H19BrN4O4/c1-15(2,24-3)7-19-10-6-9(16)18-20(10)14(23)11(13(19)22)12(21)17-8-4-5-8/h6,8H,4-5,7H2,1-3H3,(H2,17,21,22,23)/p+1. The minimum Gasteiger partial charge on any atom is -0.477 e. The van der Waals surface area contributed by atoms with E-state index in [0.29, 0.717) is 10.3 Å². The SMILES string of the molecule is COC(C)(C)C[n+]1c(O)c(C(=O)NC2CC2)c(=O)n2[nH]c(Br)cc21. The lowest BCUT2D eigenvalue weighted by Crippen LogP contribution is -2.50. The molecule has 130 valence electrons. The molecule has 0 unspecified atom stereocenters. The van der Waals surface area contributed by atoms with Crippen LogP contribution in [0.5, 0.6) is 5.88 Å². The number of ether oxygens (including phenoxy) is 1. The third-order valence-electron chi connectivity index (χ3n) is 4.11. The van der Waals surface area contributed by atoms with E-state index in [9.17, 15) is 14.7 Å². The van der Waals surface area contributed by atoms with Gasteiger partial charge < -0.3 is 15.2 Å². The smallest absolute Gasteiger partial charge is 0.378 e. The number of fused-ring (bicyclic) bond motifs is 1. The van der Waals surface area contributed by atoms with Crippen LogP contribution in [0, 0.1) is 0 Å². The molecule has 0 aromatic carbocycles. The van der Waals surface area contributed by atoms with E-state index in [0.717, 1.165) is 12.8 Å². The lowest BCUT2D eigenvalue weighted by molar-refractivity contribution is -0.693. The van der Waals surface area contributed by atoms with Gasteiger partial charge in [-0.15, -0.1) is 0 Å². The molecule has 0 spiro atoms. The van der Waals surface area contributed by atoms with Gasteiger partial charge in [-0.05, 0) is 42.6 Å². The zero-order valence-electron chi connectivity index (χ0n) is 13.7. The van der Waals surface area contributed by atoms with Crippen LogP contribution in [-0.2, 0) is 11.3 Å². The fraction of sp³-hybridized carbons (Fsp3) is 0.533. The van der Waals surface area contributed by atoms with Gasteiger partial charge in [0, 0.05) is 13.2 Å². The first-order chi connectivity index (χ1) is 11.2. The third-order valence-corrected chi connectivity index (χ3v) is 4.51. The Bertz CT molecular complexity index is 866. The summed E-state index contributed by atoms with van der Waals surface area (Å²) < 4.78 is 8.70. The second kappa shape index (κ2) is 5.89. The molecule has 0 saturated heterocycles. The van der Waals surface area contributed by atoms with Crippen LogP contribution in [0.25, 0.3) is 5.65 Å². The highest BCUT2D eigenvalue weighted by atomic mass is 79.9. The molecule has 1 fully saturated rings. The summed E-state index contributed by atoms with van der Waals surface area (Å²) in [6.45, 7) is 3.96. The van der Waals surface area contributed by atoms with Crippen molar-refractivity contribution in [2.24, 2.45) is 0 Å². The molecule has 1 amide bonds. The minimum atomic E-state index is -0.603. The van der Waals surface area contributed by atoms with Gasteiger partial charge in [-0.1, -0.05) is 4.52 Å². The molecule has 8 nitrogen and oxygen atoms in total. The van der Waals surface area contributed by atoms with Crippen molar-refractivity contribution in [3.63, 3.8) is 0 Å². The molecule has 1 aliphatic carbocycles. The number of hydrogen-bond acceptors (Lipinski definition) is 4. The average molecular weight is 400 g/mol. The van der Waals surface area contributed by atoms with E-state index in [1.807, 2.05) is 13.8 Å². The fourth-order valence-corrected chi connectivity index (χ4v) is 2.85. The Labute approximate surface area is 146 Å². The maximum absolute atomic E-state index is 12.6. The Morgan fingerprint density at radius 3 is 2.83 bits per heavy atom. The molecule has 0 radical (unpaired) electrons. The Kier molecular flexibility index (Phi) is 4.16.